The zero-order valence-corrected chi connectivity index (χ0v) is 28.0. The van der Waals surface area contributed by atoms with E-state index >= 15 is 0 Å². The second-order valence-corrected chi connectivity index (χ2v) is 12.9. The summed E-state index contributed by atoms with van der Waals surface area (Å²) in [7, 11) is -2.43. The van der Waals surface area contributed by atoms with Gasteiger partial charge in [0.1, 0.15) is 0 Å². The summed E-state index contributed by atoms with van der Waals surface area (Å²) >= 11 is 0. The first kappa shape index (κ1) is 36.5. The molecular formula is C31H46N4O8S. The van der Waals surface area contributed by atoms with Gasteiger partial charge >= 0.3 is 11.7 Å². The summed E-state index contributed by atoms with van der Waals surface area (Å²) in [4.78, 5) is 40.8. The van der Waals surface area contributed by atoms with Crippen LogP contribution in [0.5, 0.6) is 0 Å². The number of esters is 1. The largest absolute Gasteiger partial charge is 0.465 e. The van der Waals surface area contributed by atoms with E-state index in [4.69, 9.17) is 19.9 Å². The molecule has 0 aliphatic rings. The van der Waals surface area contributed by atoms with Crippen LogP contribution in [0.15, 0.2) is 33.9 Å². The molecule has 1 heterocycles. The maximum Gasteiger partial charge on any atom is 0.348 e. The number of nitrogens with zero attached hydrogens (tertiary/aromatic N) is 1. The Morgan fingerprint density at radius 2 is 1.43 bits per heavy atom. The number of nitrogens with two attached hydrogens (primary N) is 1. The van der Waals surface area contributed by atoms with E-state index in [-0.39, 0.29) is 29.8 Å². The number of aromatic amines is 1. The van der Waals surface area contributed by atoms with Crippen molar-refractivity contribution in [2.75, 3.05) is 23.9 Å². The molecule has 2 atom stereocenters. The highest BCUT2D eigenvalue weighted by molar-refractivity contribution is 7.91. The lowest BCUT2D eigenvalue weighted by Gasteiger charge is -2.22. The number of nitrogens with one attached hydrogen (secondary N) is 2. The van der Waals surface area contributed by atoms with E-state index in [1.54, 1.807) is 24.3 Å². The third-order valence-corrected chi connectivity index (χ3v) is 7.21. The van der Waals surface area contributed by atoms with Crippen molar-refractivity contribution in [3.05, 3.63) is 72.9 Å². The van der Waals surface area contributed by atoms with Crippen LogP contribution in [0.25, 0.3) is 10.9 Å². The first-order valence-corrected chi connectivity index (χ1v) is 16.4. The van der Waals surface area contributed by atoms with Crippen molar-refractivity contribution in [2.45, 2.75) is 92.6 Å². The standard InChI is InChI=1S/C16H23N3O5S.C15H23NO3/c1-6-14(24-9(2)3)11-8-12-13(7-10(11)4)17-16(21)19(15(12)20)18-25(5,22)23;1-6-14(19-9(2)3)11-8-12(15(17)18-5)13(16)7-10(11)4/h7-9,14,18H,6H2,1-5H3,(H,17,21);7-9,14H,6,16H2,1-5H3. The minimum Gasteiger partial charge on any atom is -0.465 e. The predicted octanol–water partition coefficient (Wildman–Crippen LogP) is 4.62. The number of ether oxygens (including phenoxy) is 3. The van der Waals surface area contributed by atoms with Gasteiger partial charge in [0.05, 0.1) is 54.2 Å². The van der Waals surface area contributed by atoms with Gasteiger partial charge in [0.2, 0.25) is 10.0 Å². The Bertz CT molecular complexity index is 1690. The molecule has 0 saturated carbocycles. The number of sulfonamides is 1. The van der Waals surface area contributed by atoms with Gasteiger partial charge in [-0.15, -0.1) is 0 Å². The number of rotatable bonds is 11. The number of methoxy groups -OCH3 is 1. The number of carbonyl (C=O) groups excluding carboxylic acids is 1. The summed E-state index contributed by atoms with van der Waals surface area (Å²) < 4.78 is 39.8. The maximum absolute atomic E-state index is 12.6. The average Bonchev–Trinajstić information content (AvgIpc) is 2.92. The Balaban J connectivity index is 0.000000319. The molecule has 44 heavy (non-hydrogen) atoms. The second kappa shape index (κ2) is 15.4. The molecule has 0 amide bonds. The van der Waals surface area contributed by atoms with Crippen LogP contribution in [0.4, 0.5) is 5.69 Å². The van der Waals surface area contributed by atoms with Crippen LogP contribution in [0, 0.1) is 13.8 Å². The van der Waals surface area contributed by atoms with Crippen LogP contribution in [0.3, 0.4) is 0 Å². The second-order valence-electron chi connectivity index (χ2n) is 11.1. The zero-order valence-electron chi connectivity index (χ0n) is 27.2. The van der Waals surface area contributed by atoms with Gasteiger partial charge in [-0.05, 0) is 101 Å². The van der Waals surface area contributed by atoms with Crippen molar-refractivity contribution in [1.82, 2.24) is 9.66 Å². The monoisotopic (exact) mass is 634 g/mol. The fourth-order valence-electron chi connectivity index (χ4n) is 4.80. The Morgan fingerprint density at radius 3 is 1.89 bits per heavy atom. The number of aromatic nitrogens is 2. The Morgan fingerprint density at radius 1 is 0.932 bits per heavy atom. The SMILES string of the molecule is CCC(OC(C)C)c1cc(C(=O)OC)c(N)cc1C.CCC(OC(C)C)c1cc2c(=O)n(NS(C)(=O)=O)c(=O)[nH]c2cc1C. The van der Waals surface area contributed by atoms with E-state index in [2.05, 4.69) is 11.9 Å². The van der Waals surface area contributed by atoms with Gasteiger partial charge in [-0.25, -0.2) is 22.8 Å². The van der Waals surface area contributed by atoms with Gasteiger partial charge in [0.15, 0.2) is 0 Å². The number of carbonyl (C=O) groups is 1. The van der Waals surface area contributed by atoms with Crippen molar-refractivity contribution in [1.29, 1.82) is 0 Å². The minimum absolute atomic E-state index is 0.0131. The molecule has 2 unspecified atom stereocenters. The molecule has 3 aromatic rings. The first-order valence-electron chi connectivity index (χ1n) is 14.5. The van der Waals surface area contributed by atoms with Crippen LogP contribution in [-0.4, -0.2) is 49.6 Å². The normalized spacial score (nSPS) is 13.0. The number of hydrogen-bond donors (Lipinski definition) is 3. The van der Waals surface area contributed by atoms with E-state index in [0.717, 1.165) is 34.9 Å². The highest BCUT2D eigenvalue weighted by Gasteiger charge is 2.20. The molecular weight excluding hydrogens is 588 g/mol. The number of aryl methyl sites for hydroxylation is 2. The van der Waals surface area contributed by atoms with Crippen molar-refractivity contribution >= 4 is 32.6 Å². The molecule has 0 fully saturated rings. The summed E-state index contributed by atoms with van der Waals surface area (Å²) in [6.07, 6.45) is 2.32. The molecule has 0 radical (unpaired) electrons. The summed E-state index contributed by atoms with van der Waals surface area (Å²) in [6, 6.07) is 6.94. The molecule has 12 nitrogen and oxygen atoms in total. The lowest BCUT2D eigenvalue weighted by Crippen LogP contribution is -2.43. The summed E-state index contributed by atoms with van der Waals surface area (Å²) in [5.74, 6) is -0.418. The number of hydrogen-bond acceptors (Lipinski definition) is 9. The molecule has 4 N–H and O–H groups in total. The van der Waals surface area contributed by atoms with E-state index < -0.39 is 27.2 Å². The number of nitrogen functional groups attached to an aromatic ring is 1. The lowest BCUT2D eigenvalue weighted by molar-refractivity contribution is 0.00394. The molecule has 2 aromatic carbocycles. The lowest BCUT2D eigenvalue weighted by atomic mass is 9.97. The summed E-state index contributed by atoms with van der Waals surface area (Å²) in [5, 5.41) is 0.210. The summed E-state index contributed by atoms with van der Waals surface area (Å²) in [5.41, 5.74) is 9.20. The van der Waals surface area contributed by atoms with E-state index in [1.165, 1.54) is 7.11 Å². The van der Waals surface area contributed by atoms with Gasteiger partial charge in [0.25, 0.3) is 5.56 Å². The third-order valence-electron chi connectivity index (χ3n) is 6.69. The topological polar surface area (TPSA) is 172 Å². The average molecular weight is 635 g/mol. The molecule has 3 rings (SSSR count). The number of anilines is 1. The van der Waals surface area contributed by atoms with Crippen LogP contribution in [0.1, 0.15) is 99.2 Å². The van der Waals surface area contributed by atoms with Crippen molar-refractivity contribution < 1.29 is 27.4 Å². The van der Waals surface area contributed by atoms with Gasteiger partial charge in [-0.3, -0.25) is 4.79 Å². The third kappa shape index (κ3) is 9.41. The van der Waals surface area contributed by atoms with Crippen molar-refractivity contribution in [3.8, 4) is 0 Å². The van der Waals surface area contributed by atoms with Crippen molar-refractivity contribution in [3.63, 3.8) is 0 Å². The number of benzene rings is 2. The van der Waals surface area contributed by atoms with E-state index in [1.807, 2.05) is 53.3 Å². The Hall–Kier alpha value is -3.68. The zero-order chi connectivity index (χ0) is 33.5. The molecule has 13 heteroatoms. The van der Waals surface area contributed by atoms with Gasteiger partial charge < -0.3 is 24.9 Å². The van der Waals surface area contributed by atoms with Crippen LogP contribution in [-0.2, 0) is 24.2 Å². The highest BCUT2D eigenvalue weighted by atomic mass is 32.2. The van der Waals surface area contributed by atoms with Crippen LogP contribution < -0.4 is 21.8 Å². The minimum atomic E-state index is -3.78. The molecule has 0 aliphatic carbocycles. The highest BCUT2D eigenvalue weighted by Crippen LogP contribution is 2.30. The molecule has 244 valence electrons. The molecule has 1 aromatic heterocycles. The fourth-order valence-corrected chi connectivity index (χ4v) is 5.30. The van der Waals surface area contributed by atoms with E-state index in [9.17, 15) is 22.8 Å². The molecule has 0 aliphatic heterocycles. The first-order chi connectivity index (χ1) is 20.4. The van der Waals surface area contributed by atoms with Crippen LogP contribution >= 0.6 is 0 Å². The van der Waals surface area contributed by atoms with Gasteiger partial charge in [-0.2, -0.15) is 4.68 Å². The maximum atomic E-state index is 12.6. The molecule has 0 saturated heterocycles. The molecule has 0 bridgehead atoms. The molecule has 0 spiro atoms. The predicted molar refractivity (Wildman–Crippen MR) is 173 cm³/mol. The Kier molecular flexibility index (Phi) is 12.7. The van der Waals surface area contributed by atoms with E-state index in [0.29, 0.717) is 27.9 Å². The summed E-state index contributed by atoms with van der Waals surface area (Å²) in [6.45, 7) is 15.7. The van der Waals surface area contributed by atoms with Gasteiger partial charge in [0, 0.05) is 5.69 Å². The number of fused-ring (bicyclic) bond motifs is 1. The smallest absolute Gasteiger partial charge is 0.348 e. The number of H-pyrrole nitrogens is 1. The van der Waals surface area contributed by atoms with Crippen LogP contribution in [0.2, 0.25) is 0 Å². The quantitative estimate of drug-likeness (QED) is 0.201. The fraction of sp³-hybridized carbons (Fsp3) is 0.516. The van der Waals surface area contributed by atoms with Crippen molar-refractivity contribution in [2.24, 2.45) is 0 Å². The Labute approximate surface area is 258 Å². The van der Waals surface area contributed by atoms with Gasteiger partial charge in [-0.1, -0.05) is 13.8 Å².